The van der Waals surface area contributed by atoms with Gasteiger partial charge in [-0.2, -0.15) is 0 Å². The second-order valence-corrected chi connectivity index (χ2v) is 5.75. The molecule has 0 saturated carbocycles. The largest absolute Gasteiger partial charge is 0.321 e. The van der Waals surface area contributed by atoms with Crippen LogP contribution in [-0.4, -0.2) is 5.91 Å². The van der Waals surface area contributed by atoms with Gasteiger partial charge in [0, 0.05) is 5.92 Å². The summed E-state index contributed by atoms with van der Waals surface area (Å²) in [6.07, 6.45) is 0.197. The number of benzene rings is 2. The van der Waals surface area contributed by atoms with Crippen molar-refractivity contribution in [2.24, 2.45) is 5.92 Å². The first-order chi connectivity index (χ1) is 12.9. The molecule has 2 aromatic carbocycles. The van der Waals surface area contributed by atoms with Crippen LogP contribution in [-0.2, 0) is 4.79 Å². The molecule has 0 heterocycles. The van der Waals surface area contributed by atoms with Crippen molar-refractivity contribution in [1.82, 2.24) is 0 Å². The van der Waals surface area contributed by atoms with E-state index in [1.807, 2.05) is 0 Å². The van der Waals surface area contributed by atoms with Gasteiger partial charge in [0.15, 0.2) is 46.5 Å². The quantitative estimate of drug-likeness (QED) is 0.394. The SMILES string of the molecule is CCC(C)C(=O)Nc1c(F)c(F)c(-c2c(F)c(F)c(F)c(F)c2F)c(F)c1F. The molecule has 1 unspecified atom stereocenters. The maximum Gasteiger partial charge on any atom is 0.227 e. The molecule has 11 heteroatoms. The zero-order valence-electron chi connectivity index (χ0n) is 14.1. The van der Waals surface area contributed by atoms with Crippen LogP contribution in [0.3, 0.4) is 0 Å². The van der Waals surface area contributed by atoms with Gasteiger partial charge >= 0.3 is 0 Å². The van der Waals surface area contributed by atoms with Gasteiger partial charge in [0.05, 0.1) is 11.1 Å². The van der Waals surface area contributed by atoms with Crippen LogP contribution in [0, 0.1) is 58.3 Å². The number of hydrogen-bond donors (Lipinski definition) is 1. The van der Waals surface area contributed by atoms with Crippen molar-refractivity contribution in [2.75, 3.05) is 5.32 Å². The predicted molar refractivity (Wildman–Crippen MR) is 79.6 cm³/mol. The lowest BCUT2D eigenvalue weighted by molar-refractivity contribution is -0.119. The predicted octanol–water partition coefficient (Wildman–Crippen LogP) is 5.59. The number of anilines is 1. The molecule has 0 aliphatic heterocycles. The Kier molecular flexibility index (Phi) is 5.95. The van der Waals surface area contributed by atoms with E-state index < -0.39 is 81.0 Å². The number of carbonyl (C=O) groups is 1. The number of nitrogens with one attached hydrogen (secondary N) is 1. The van der Waals surface area contributed by atoms with Crippen LogP contribution in [0.4, 0.5) is 45.2 Å². The number of hydrogen-bond acceptors (Lipinski definition) is 1. The summed E-state index contributed by atoms with van der Waals surface area (Å²) >= 11 is 0. The van der Waals surface area contributed by atoms with Gasteiger partial charge in [-0.15, -0.1) is 0 Å². The summed E-state index contributed by atoms with van der Waals surface area (Å²) in [5.74, 6) is -24.5. The second kappa shape index (κ2) is 7.72. The molecule has 152 valence electrons. The Morgan fingerprint density at radius 3 is 1.36 bits per heavy atom. The highest BCUT2D eigenvalue weighted by Gasteiger charge is 2.34. The lowest BCUT2D eigenvalue weighted by Gasteiger charge is -2.16. The van der Waals surface area contributed by atoms with E-state index in [1.54, 1.807) is 5.32 Å². The zero-order valence-corrected chi connectivity index (χ0v) is 14.1. The van der Waals surface area contributed by atoms with Crippen molar-refractivity contribution >= 4 is 11.6 Å². The summed E-state index contributed by atoms with van der Waals surface area (Å²) in [4.78, 5) is 11.7. The first-order valence-corrected chi connectivity index (χ1v) is 7.64. The fraction of sp³-hybridized carbons (Fsp3) is 0.235. The van der Waals surface area contributed by atoms with E-state index in [0.717, 1.165) is 0 Å². The molecule has 2 rings (SSSR count). The zero-order chi connectivity index (χ0) is 21.5. The van der Waals surface area contributed by atoms with Crippen molar-refractivity contribution in [3.05, 3.63) is 52.4 Å². The fourth-order valence-electron chi connectivity index (χ4n) is 2.22. The molecule has 0 aliphatic rings. The van der Waals surface area contributed by atoms with Gasteiger partial charge in [-0.05, 0) is 6.42 Å². The molecule has 0 radical (unpaired) electrons. The van der Waals surface area contributed by atoms with Crippen LogP contribution in [0.25, 0.3) is 11.1 Å². The Morgan fingerprint density at radius 1 is 0.679 bits per heavy atom. The number of carbonyl (C=O) groups excluding carboxylic acids is 1. The van der Waals surface area contributed by atoms with Crippen LogP contribution in [0.15, 0.2) is 0 Å². The standard InChI is InChI=1S/C17H10F9NO/c1-3-4(2)17(28)27-16-14(25)9(20)6(10(21)15(16)26)5-7(18)11(22)13(24)12(23)8(5)19/h4H,3H2,1-2H3,(H,27,28). The fourth-order valence-corrected chi connectivity index (χ4v) is 2.22. The molecule has 1 N–H and O–H groups in total. The molecule has 0 spiro atoms. The van der Waals surface area contributed by atoms with E-state index >= 15 is 0 Å². The lowest BCUT2D eigenvalue weighted by atomic mass is 10.00. The Bertz CT molecular complexity index is 916. The normalized spacial score (nSPS) is 12.2. The van der Waals surface area contributed by atoms with Gasteiger partial charge in [-0.1, -0.05) is 13.8 Å². The highest BCUT2D eigenvalue weighted by molar-refractivity contribution is 5.93. The molecule has 0 saturated heterocycles. The molecule has 1 amide bonds. The smallest absolute Gasteiger partial charge is 0.227 e. The summed E-state index contributed by atoms with van der Waals surface area (Å²) in [7, 11) is 0. The third kappa shape index (κ3) is 3.29. The minimum absolute atomic E-state index is 0.197. The Hall–Kier alpha value is -2.72. The van der Waals surface area contributed by atoms with E-state index in [-0.39, 0.29) is 6.42 Å². The maximum absolute atomic E-state index is 14.2. The summed E-state index contributed by atoms with van der Waals surface area (Å²) in [6.45, 7) is 2.87. The highest BCUT2D eigenvalue weighted by atomic mass is 19.2. The average Bonchev–Trinajstić information content (AvgIpc) is 2.68. The minimum atomic E-state index is -2.65. The summed E-state index contributed by atoms with van der Waals surface area (Å²) in [5, 5.41) is 1.59. The molecule has 28 heavy (non-hydrogen) atoms. The van der Waals surface area contributed by atoms with Gasteiger partial charge in [0.1, 0.15) is 5.69 Å². The molecule has 0 fully saturated rings. The second-order valence-electron chi connectivity index (χ2n) is 5.75. The van der Waals surface area contributed by atoms with Crippen LogP contribution in [0.5, 0.6) is 0 Å². The van der Waals surface area contributed by atoms with E-state index in [1.165, 1.54) is 13.8 Å². The molecule has 2 nitrogen and oxygen atoms in total. The van der Waals surface area contributed by atoms with Crippen molar-refractivity contribution in [1.29, 1.82) is 0 Å². The Balaban J connectivity index is 2.80. The van der Waals surface area contributed by atoms with E-state index in [0.29, 0.717) is 0 Å². The average molecular weight is 415 g/mol. The molecule has 1 atom stereocenters. The highest BCUT2D eigenvalue weighted by Crippen LogP contribution is 2.39. The summed E-state index contributed by atoms with van der Waals surface area (Å²) in [5.41, 5.74) is -5.94. The van der Waals surface area contributed by atoms with Crippen molar-refractivity contribution in [3.63, 3.8) is 0 Å². The van der Waals surface area contributed by atoms with E-state index in [9.17, 15) is 44.3 Å². The first kappa shape index (κ1) is 21.6. The van der Waals surface area contributed by atoms with Crippen LogP contribution < -0.4 is 5.32 Å². The van der Waals surface area contributed by atoms with Gasteiger partial charge in [-0.25, -0.2) is 39.5 Å². The van der Waals surface area contributed by atoms with Gasteiger partial charge < -0.3 is 5.32 Å². The van der Waals surface area contributed by atoms with Crippen molar-refractivity contribution in [2.45, 2.75) is 20.3 Å². The monoisotopic (exact) mass is 415 g/mol. The molecule has 2 aromatic rings. The Labute approximate surface area is 152 Å². The van der Waals surface area contributed by atoms with Crippen molar-refractivity contribution in [3.8, 4) is 11.1 Å². The molecule has 0 aliphatic carbocycles. The lowest BCUT2D eigenvalue weighted by Crippen LogP contribution is -2.22. The van der Waals surface area contributed by atoms with Gasteiger partial charge in [0.2, 0.25) is 11.7 Å². The number of amides is 1. The van der Waals surface area contributed by atoms with Crippen LogP contribution >= 0.6 is 0 Å². The topological polar surface area (TPSA) is 29.1 Å². The third-order valence-electron chi connectivity index (χ3n) is 4.03. The molecule has 0 bridgehead atoms. The molecular formula is C17H10F9NO. The Morgan fingerprint density at radius 2 is 1.00 bits per heavy atom. The van der Waals surface area contributed by atoms with Gasteiger partial charge in [0.25, 0.3) is 0 Å². The van der Waals surface area contributed by atoms with Crippen molar-refractivity contribution < 1.29 is 44.3 Å². The number of halogens is 9. The first-order valence-electron chi connectivity index (χ1n) is 7.64. The third-order valence-corrected chi connectivity index (χ3v) is 4.03. The molecule has 0 aromatic heterocycles. The van der Waals surface area contributed by atoms with E-state index in [4.69, 9.17) is 0 Å². The van der Waals surface area contributed by atoms with Gasteiger partial charge in [-0.3, -0.25) is 4.79 Å². The summed E-state index contributed by atoms with van der Waals surface area (Å²) in [6, 6.07) is 0. The van der Waals surface area contributed by atoms with Crippen LogP contribution in [0.2, 0.25) is 0 Å². The summed E-state index contributed by atoms with van der Waals surface area (Å²) < 4.78 is 124. The minimum Gasteiger partial charge on any atom is -0.321 e. The van der Waals surface area contributed by atoms with Crippen LogP contribution in [0.1, 0.15) is 20.3 Å². The van der Waals surface area contributed by atoms with E-state index in [2.05, 4.69) is 0 Å². The number of rotatable bonds is 4. The maximum atomic E-state index is 14.2. The molecular weight excluding hydrogens is 405 g/mol.